The largest absolute Gasteiger partial charge is 0.382 e. The van der Waals surface area contributed by atoms with Crippen molar-refractivity contribution in [2.24, 2.45) is 0 Å². The number of imidazole rings is 1. The molecular weight excluding hydrogens is 408 g/mol. The number of nitrogen functional groups attached to an aromatic ring is 1. The maximum Gasteiger partial charge on any atom is 0.152 e. The zero-order valence-corrected chi connectivity index (χ0v) is 18.6. The molecule has 1 aliphatic heterocycles. The number of anilines is 1. The zero-order valence-electron chi connectivity index (χ0n) is 17.8. The molecule has 1 saturated heterocycles. The minimum absolute atomic E-state index is 0.457. The predicted octanol–water partition coefficient (Wildman–Crippen LogP) is 3.22. The highest BCUT2D eigenvalue weighted by Crippen LogP contribution is 2.33. The van der Waals surface area contributed by atoms with Crippen LogP contribution in [0.3, 0.4) is 0 Å². The molecule has 7 nitrogen and oxygen atoms in total. The number of rotatable bonds is 7. The Bertz CT molecular complexity index is 1180. The van der Waals surface area contributed by atoms with Gasteiger partial charge in [-0.2, -0.15) is 0 Å². The van der Waals surface area contributed by atoms with E-state index in [0.29, 0.717) is 19.0 Å². The normalized spacial score (nSPS) is 15.3. The van der Waals surface area contributed by atoms with E-state index in [1.54, 1.807) is 11.3 Å². The van der Waals surface area contributed by atoms with E-state index in [4.69, 9.17) is 15.5 Å². The van der Waals surface area contributed by atoms with Crippen LogP contribution in [0.2, 0.25) is 0 Å². The van der Waals surface area contributed by atoms with E-state index in [9.17, 15) is 0 Å². The summed E-state index contributed by atoms with van der Waals surface area (Å²) in [6.07, 6.45) is 0. The molecule has 4 aromatic rings. The van der Waals surface area contributed by atoms with Crippen LogP contribution in [0.15, 0.2) is 35.7 Å². The van der Waals surface area contributed by atoms with Crippen molar-refractivity contribution >= 4 is 38.4 Å². The standard InChI is InChI=1S/C23H28N6OS/c1-2-30-15-19-27-20-21(22-18(7-12-31-22)26-23(20)24)29(19)14-17-5-3-16(4-6-17)13-28-10-8-25-9-11-28/h3-7,12,25H,2,8-11,13-15H2,1H3,(H2,24,26). The maximum atomic E-state index is 6.26. The molecule has 0 saturated carbocycles. The number of piperazine rings is 1. The Morgan fingerprint density at radius 3 is 2.55 bits per heavy atom. The first-order chi connectivity index (χ1) is 15.2. The molecule has 31 heavy (non-hydrogen) atoms. The second kappa shape index (κ2) is 8.92. The fourth-order valence-electron chi connectivity index (χ4n) is 4.19. The van der Waals surface area contributed by atoms with Crippen LogP contribution in [0.4, 0.5) is 5.82 Å². The van der Waals surface area contributed by atoms with Gasteiger partial charge in [-0.1, -0.05) is 24.3 Å². The van der Waals surface area contributed by atoms with Gasteiger partial charge < -0.3 is 20.4 Å². The van der Waals surface area contributed by atoms with Crippen LogP contribution in [0, 0.1) is 0 Å². The molecule has 1 aliphatic rings. The smallest absolute Gasteiger partial charge is 0.152 e. The Morgan fingerprint density at radius 1 is 1.06 bits per heavy atom. The summed E-state index contributed by atoms with van der Waals surface area (Å²) in [4.78, 5) is 11.8. The van der Waals surface area contributed by atoms with Crippen molar-refractivity contribution < 1.29 is 4.74 Å². The van der Waals surface area contributed by atoms with Crippen molar-refractivity contribution in [2.45, 2.75) is 26.6 Å². The third-order valence-corrected chi connectivity index (χ3v) is 6.71. The fourth-order valence-corrected chi connectivity index (χ4v) is 5.08. The highest BCUT2D eigenvalue weighted by molar-refractivity contribution is 7.18. The number of nitrogens with zero attached hydrogens (tertiary/aromatic N) is 4. The van der Waals surface area contributed by atoms with Gasteiger partial charge in [-0.25, -0.2) is 9.97 Å². The van der Waals surface area contributed by atoms with Crippen LogP contribution in [-0.2, 0) is 24.4 Å². The molecule has 0 aliphatic carbocycles. The number of benzene rings is 1. The molecule has 3 N–H and O–H groups in total. The van der Waals surface area contributed by atoms with Crippen LogP contribution in [0.5, 0.6) is 0 Å². The number of ether oxygens (including phenoxy) is 1. The number of fused-ring (bicyclic) bond motifs is 3. The molecule has 0 amide bonds. The van der Waals surface area contributed by atoms with Crippen LogP contribution in [0.1, 0.15) is 23.9 Å². The number of pyridine rings is 1. The summed E-state index contributed by atoms with van der Waals surface area (Å²) in [6, 6.07) is 11.0. The summed E-state index contributed by atoms with van der Waals surface area (Å²) in [6.45, 7) is 9.19. The SMILES string of the molecule is CCOCc1nc2c(N)nc3ccsc3c2n1Cc1ccc(CN2CCNCC2)cc1. The van der Waals surface area contributed by atoms with Crippen molar-refractivity contribution in [3.05, 3.63) is 52.7 Å². The van der Waals surface area contributed by atoms with Gasteiger partial charge in [-0.3, -0.25) is 4.90 Å². The van der Waals surface area contributed by atoms with Crippen LogP contribution in [-0.4, -0.2) is 52.2 Å². The van der Waals surface area contributed by atoms with Gasteiger partial charge in [0.15, 0.2) is 5.82 Å². The minimum Gasteiger partial charge on any atom is -0.382 e. The number of aromatic nitrogens is 3. The van der Waals surface area contributed by atoms with Crippen molar-refractivity contribution in [2.75, 3.05) is 38.5 Å². The van der Waals surface area contributed by atoms with E-state index in [-0.39, 0.29) is 0 Å². The van der Waals surface area contributed by atoms with Crippen LogP contribution >= 0.6 is 11.3 Å². The van der Waals surface area contributed by atoms with Crippen molar-refractivity contribution in [3.63, 3.8) is 0 Å². The highest BCUT2D eigenvalue weighted by Gasteiger charge is 2.18. The Kier molecular flexibility index (Phi) is 5.87. The van der Waals surface area contributed by atoms with Crippen LogP contribution < -0.4 is 11.1 Å². The van der Waals surface area contributed by atoms with Gasteiger partial charge in [0, 0.05) is 45.9 Å². The first-order valence-electron chi connectivity index (χ1n) is 10.8. The average Bonchev–Trinajstić information content (AvgIpc) is 3.39. The van der Waals surface area contributed by atoms with Crippen LogP contribution in [0.25, 0.3) is 21.3 Å². The Balaban J connectivity index is 1.47. The van der Waals surface area contributed by atoms with Gasteiger partial charge in [0.05, 0.1) is 15.7 Å². The fraction of sp³-hybridized carbons (Fsp3) is 0.391. The first-order valence-corrected chi connectivity index (χ1v) is 11.7. The van der Waals surface area contributed by atoms with Gasteiger partial charge in [0.2, 0.25) is 0 Å². The second-order valence-corrected chi connectivity index (χ2v) is 8.84. The van der Waals surface area contributed by atoms with E-state index in [0.717, 1.165) is 66.3 Å². The number of nitrogens with one attached hydrogen (secondary N) is 1. The summed E-state index contributed by atoms with van der Waals surface area (Å²) >= 11 is 1.68. The molecule has 162 valence electrons. The molecular formula is C23H28N6OS. The third-order valence-electron chi connectivity index (χ3n) is 5.80. The van der Waals surface area contributed by atoms with Crippen molar-refractivity contribution in [1.82, 2.24) is 24.8 Å². The molecule has 3 aromatic heterocycles. The lowest BCUT2D eigenvalue weighted by Gasteiger charge is -2.27. The lowest BCUT2D eigenvalue weighted by atomic mass is 10.1. The average molecular weight is 437 g/mol. The monoisotopic (exact) mass is 436 g/mol. The maximum absolute atomic E-state index is 6.26. The number of thiophene rings is 1. The molecule has 0 spiro atoms. The second-order valence-electron chi connectivity index (χ2n) is 7.92. The van der Waals surface area contributed by atoms with Crippen molar-refractivity contribution in [1.29, 1.82) is 0 Å². The van der Waals surface area contributed by atoms with Crippen molar-refractivity contribution in [3.8, 4) is 0 Å². The lowest BCUT2D eigenvalue weighted by molar-refractivity contribution is 0.126. The molecule has 1 aromatic carbocycles. The Morgan fingerprint density at radius 2 is 1.81 bits per heavy atom. The minimum atomic E-state index is 0.457. The van der Waals surface area contributed by atoms with E-state index in [2.05, 4.69) is 49.4 Å². The first kappa shape index (κ1) is 20.4. The molecule has 1 fully saturated rings. The molecule has 0 bridgehead atoms. The molecule has 0 atom stereocenters. The van der Waals surface area contributed by atoms with E-state index in [1.165, 1.54) is 11.1 Å². The highest BCUT2D eigenvalue weighted by atomic mass is 32.1. The number of hydrogen-bond donors (Lipinski definition) is 2. The summed E-state index contributed by atoms with van der Waals surface area (Å²) < 4.78 is 9.08. The Labute approximate surface area is 185 Å². The van der Waals surface area contributed by atoms with Gasteiger partial charge >= 0.3 is 0 Å². The summed E-state index contributed by atoms with van der Waals surface area (Å²) in [5.41, 5.74) is 11.6. The quantitative estimate of drug-likeness (QED) is 0.463. The Hall–Kier alpha value is -2.52. The zero-order chi connectivity index (χ0) is 21.2. The van der Waals surface area contributed by atoms with E-state index >= 15 is 0 Å². The van der Waals surface area contributed by atoms with Gasteiger partial charge in [-0.05, 0) is 29.5 Å². The summed E-state index contributed by atoms with van der Waals surface area (Å²) in [7, 11) is 0. The molecule has 0 unspecified atom stereocenters. The summed E-state index contributed by atoms with van der Waals surface area (Å²) in [5.74, 6) is 1.36. The third kappa shape index (κ3) is 4.16. The lowest BCUT2D eigenvalue weighted by Crippen LogP contribution is -2.42. The molecule has 8 heteroatoms. The van der Waals surface area contributed by atoms with E-state index in [1.807, 2.05) is 13.0 Å². The van der Waals surface area contributed by atoms with Gasteiger partial charge in [0.1, 0.15) is 17.9 Å². The molecule has 4 heterocycles. The number of nitrogens with two attached hydrogens (primary N) is 1. The summed E-state index contributed by atoms with van der Waals surface area (Å²) in [5, 5.41) is 5.47. The molecule has 5 rings (SSSR count). The van der Waals surface area contributed by atoms with Gasteiger partial charge in [0.25, 0.3) is 0 Å². The predicted molar refractivity (Wildman–Crippen MR) is 126 cm³/mol. The topological polar surface area (TPSA) is 81.2 Å². The molecule has 0 radical (unpaired) electrons. The van der Waals surface area contributed by atoms with E-state index < -0.39 is 0 Å². The van der Waals surface area contributed by atoms with Gasteiger partial charge in [-0.15, -0.1) is 11.3 Å². The number of hydrogen-bond acceptors (Lipinski definition) is 7.